The van der Waals surface area contributed by atoms with E-state index in [0.29, 0.717) is 5.82 Å². The summed E-state index contributed by atoms with van der Waals surface area (Å²) in [6.07, 6.45) is 3.56. The maximum absolute atomic E-state index is 10.8. The summed E-state index contributed by atoms with van der Waals surface area (Å²) in [5, 5.41) is 10.8. The van der Waals surface area contributed by atoms with E-state index in [1.807, 2.05) is 23.1 Å². The van der Waals surface area contributed by atoms with Crippen molar-refractivity contribution in [3.63, 3.8) is 0 Å². The van der Waals surface area contributed by atoms with Crippen LogP contribution in [0.5, 0.6) is 0 Å². The summed E-state index contributed by atoms with van der Waals surface area (Å²) in [4.78, 5) is 16.8. The molecule has 0 radical (unpaired) electrons. The van der Waals surface area contributed by atoms with Crippen LogP contribution in [-0.2, 0) is 6.42 Å². The number of pyridine rings is 1. The fraction of sp³-hybridized carbons (Fsp3) is 0.214. The summed E-state index contributed by atoms with van der Waals surface area (Å²) in [6, 6.07) is 11.1. The molecule has 2 heterocycles. The standard InChI is InChI=1S/C14H13N3O2/c18-17(19)12-7-8-15-14(10-12)16-9-3-5-11-4-1-2-6-13(11)16/h1-2,4,6-8,10H,3,5,9H2. The van der Waals surface area contributed by atoms with E-state index in [0.717, 1.165) is 25.1 Å². The van der Waals surface area contributed by atoms with E-state index >= 15 is 0 Å². The number of nitro groups is 1. The highest BCUT2D eigenvalue weighted by Gasteiger charge is 2.20. The molecule has 5 heteroatoms. The van der Waals surface area contributed by atoms with Gasteiger partial charge in [-0.05, 0) is 24.5 Å². The van der Waals surface area contributed by atoms with E-state index in [1.54, 1.807) is 0 Å². The van der Waals surface area contributed by atoms with E-state index in [2.05, 4.69) is 11.1 Å². The molecule has 1 aliphatic heterocycles. The Morgan fingerprint density at radius 2 is 2.11 bits per heavy atom. The molecule has 3 rings (SSSR count). The van der Waals surface area contributed by atoms with Crippen LogP contribution in [0, 0.1) is 10.1 Å². The molecule has 0 atom stereocenters. The normalized spacial score (nSPS) is 14.0. The zero-order valence-electron chi connectivity index (χ0n) is 10.3. The largest absolute Gasteiger partial charge is 0.326 e. The quantitative estimate of drug-likeness (QED) is 0.611. The molecule has 1 aromatic heterocycles. The van der Waals surface area contributed by atoms with E-state index in [9.17, 15) is 10.1 Å². The van der Waals surface area contributed by atoms with Gasteiger partial charge in [0.2, 0.25) is 0 Å². The molecule has 1 aromatic carbocycles. The predicted octanol–water partition coefficient (Wildman–Crippen LogP) is 3.07. The number of fused-ring (bicyclic) bond motifs is 1. The maximum atomic E-state index is 10.8. The third-order valence-corrected chi connectivity index (χ3v) is 3.33. The van der Waals surface area contributed by atoms with Crippen molar-refractivity contribution in [3.05, 3.63) is 58.3 Å². The summed E-state index contributed by atoms with van der Waals surface area (Å²) in [5.41, 5.74) is 2.44. The Morgan fingerprint density at radius 3 is 2.95 bits per heavy atom. The van der Waals surface area contributed by atoms with Crippen molar-refractivity contribution in [2.24, 2.45) is 0 Å². The molecule has 0 aliphatic carbocycles. The van der Waals surface area contributed by atoms with Crippen LogP contribution in [0.15, 0.2) is 42.6 Å². The average molecular weight is 255 g/mol. The maximum Gasteiger partial charge on any atom is 0.274 e. The molecular weight excluding hydrogens is 242 g/mol. The van der Waals surface area contributed by atoms with Crippen LogP contribution in [0.1, 0.15) is 12.0 Å². The van der Waals surface area contributed by atoms with Gasteiger partial charge in [0.05, 0.1) is 11.0 Å². The fourth-order valence-corrected chi connectivity index (χ4v) is 2.44. The Kier molecular flexibility index (Phi) is 2.87. The third-order valence-electron chi connectivity index (χ3n) is 3.33. The molecule has 2 aromatic rings. The molecular formula is C14H13N3O2. The second-order valence-electron chi connectivity index (χ2n) is 4.51. The monoisotopic (exact) mass is 255 g/mol. The minimum absolute atomic E-state index is 0.0769. The lowest BCUT2D eigenvalue weighted by molar-refractivity contribution is -0.384. The average Bonchev–Trinajstić information content (AvgIpc) is 2.47. The minimum Gasteiger partial charge on any atom is -0.326 e. The molecule has 0 saturated carbocycles. The van der Waals surface area contributed by atoms with E-state index in [-0.39, 0.29) is 10.6 Å². The highest BCUT2D eigenvalue weighted by atomic mass is 16.6. The number of aryl methyl sites for hydroxylation is 1. The highest BCUT2D eigenvalue weighted by Crippen LogP contribution is 2.33. The first-order chi connectivity index (χ1) is 9.25. The van der Waals surface area contributed by atoms with Gasteiger partial charge in [-0.2, -0.15) is 0 Å². The van der Waals surface area contributed by atoms with Crippen molar-refractivity contribution in [1.82, 2.24) is 4.98 Å². The summed E-state index contributed by atoms with van der Waals surface area (Å²) in [6.45, 7) is 0.838. The Balaban J connectivity index is 2.04. The first-order valence-electron chi connectivity index (χ1n) is 6.21. The molecule has 0 unspecified atom stereocenters. The Hall–Kier alpha value is -2.43. The number of anilines is 2. The molecule has 0 fully saturated rings. The summed E-state index contributed by atoms with van der Waals surface area (Å²) in [7, 11) is 0. The van der Waals surface area contributed by atoms with Gasteiger partial charge in [-0.25, -0.2) is 4.98 Å². The van der Waals surface area contributed by atoms with Crippen LogP contribution in [0.25, 0.3) is 0 Å². The first kappa shape index (κ1) is 11.6. The van der Waals surface area contributed by atoms with Crippen molar-refractivity contribution in [2.45, 2.75) is 12.8 Å². The van der Waals surface area contributed by atoms with Gasteiger partial charge in [0.15, 0.2) is 0 Å². The van der Waals surface area contributed by atoms with Crippen LogP contribution in [-0.4, -0.2) is 16.5 Å². The SMILES string of the molecule is O=[N+]([O-])c1ccnc(N2CCCc3ccccc32)c1. The fourth-order valence-electron chi connectivity index (χ4n) is 2.44. The number of para-hydroxylation sites is 1. The minimum atomic E-state index is -0.388. The topological polar surface area (TPSA) is 59.3 Å². The number of hydrogen-bond donors (Lipinski definition) is 0. The van der Waals surface area contributed by atoms with Crippen LogP contribution in [0.3, 0.4) is 0 Å². The molecule has 0 amide bonds. The van der Waals surface area contributed by atoms with E-state index in [4.69, 9.17) is 0 Å². The lowest BCUT2D eigenvalue weighted by Crippen LogP contribution is -2.25. The lowest BCUT2D eigenvalue weighted by Gasteiger charge is -2.30. The smallest absolute Gasteiger partial charge is 0.274 e. The number of aromatic nitrogens is 1. The number of nitrogens with zero attached hydrogens (tertiary/aromatic N) is 3. The van der Waals surface area contributed by atoms with Crippen LogP contribution >= 0.6 is 0 Å². The summed E-state index contributed by atoms with van der Waals surface area (Å²) >= 11 is 0. The number of benzene rings is 1. The molecule has 1 aliphatic rings. The molecule has 5 nitrogen and oxygen atoms in total. The van der Waals surface area contributed by atoms with Crippen molar-refractivity contribution in [2.75, 3.05) is 11.4 Å². The van der Waals surface area contributed by atoms with Gasteiger partial charge in [-0.3, -0.25) is 10.1 Å². The van der Waals surface area contributed by atoms with Crippen molar-refractivity contribution in [1.29, 1.82) is 0 Å². The number of hydrogen-bond acceptors (Lipinski definition) is 4. The Labute approximate surface area is 110 Å². The second-order valence-corrected chi connectivity index (χ2v) is 4.51. The first-order valence-corrected chi connectivity index (χ1v) is 6.21. The second kappa shape index (κ2) is 4.68. The zero-order valence-corrected chi connectivity index (χ0v) is 10.3. The molecule has 0 N–H and O–H groups in total. The molecule has 0 bridgehead atoms. The number of rotatable bonds is 2. The zero-order chi connectivity index (χ0) is 13.2. The Bertz CT molecular complexity index is 628. The van der Waals surface area contributed by atoms with Crippen molar-refractivity contribution < 1.29 is 4.92 Å². The Morgan fingerprint density at radius 1 is 1.26 bits per heavy atom. The van der Waals surface area contributed by atoms with Crippen molar-refractivity contribution >= 4 is 17.2 Å². The van der Waals surface area contributed by atoms with Crippen LogP contribution < -0.4 is 4.90 Å². The van der Waals surface area contributed by atoms with E-state index in [1.165, 1.54) is 23.9 Å². The van der Waals surface area contributed by atoms with Crippen LogP contribution in [0.4, 0.5) is 17.2 Å². The molecule has 0 saturated heterocycles. The van der Waals surface area contributed by atoms with Gasteiger partial charge >= 0.3 is 0 Å². The highest BCUT2D eigenvalue weighted by molar-refractivity contribution is 5.66. The summed E-state index contributed by atoms with van der Waals surface area (Å²) in [5.74, 6) is 0.640. The molecule has 19 heavy (non-hydrogen) atoms. The predicted molar refractivity (Wildman–Crippen MR) is 72.7 cm³/mol. The molecule has 0 spiro atoms. The molecule has 96 valence electrons. The van der Waals surface area contributed by atoms with Gasteiger partial charge in [0, 0.05) is 24.5 Å². The van der Waals surface area contributed by atoms with Gasteiger partial charge in [0.1, 0.15) is 5.82 Å². The van der Waals surface area contributed by atoms with Gasteiger partial charge in [-0.1, -0.05) is 18.2 Å². The van der Waals surface area contributed by atoms with Crippen molar-refractivity contribution in [3.8, 4) is 0 Å². The van der Waals surface area contributed by atoms with Gasteiger partial charge in [-0.15, -0.1) is 0 Å². The van der Waals surface area contributed by atoms with Crippen LogP contribution in [0.2, 0.25) is 0 Å². The van der Waals surface area contributed by atoms with Gasteiger partial charge < -0.3 is 4.90 Å². The lowest BCUT2D eigenvalue weighted by atomic mass is 10.0. The van der Waals surface area contributed by atoms with Gasteiger partial charge in [0.25, 0.3) is 5.69 Å². The summed E-state index contributed by atoms with van der Waals surface area (Å²) < 4.78 is 0. The third kappa shape index (κ3) is 2.14. The van der Waals surface area contributed by atoms with E-state index < -0.39 is 0 Å².